The minimum absolute atomic E-state index is 0.0408. The van der Waals surface area contributed by atoms with Crippen molar-refractivity contribution in [2.45, 2.75) is 6.04 Å². The van der Waals surface area contributed by atoms with Gasteiger partial charge in [-0.25, -0.2) is 0 Å². The highest BCUT2D eigenvalue weighted by Crippen LogP contribution is 2.25. The fourth-order valence-corrected chi connectivity index (χ4v) is 2.81. The smallest absolute Gasteiger partial charge is 0.208 e. The molecule has 0 fully saturated rings. The molecule has 24 heavy (non-hydrogen) atoms. The topological polar surface area (TPSA) is 22.3 Å². The van der Waals surface area contributed by atoms with Crippen LogP contribution in [0.2, 0.25) is 5.02 Å². The Morgan fingerprint density at radius 1 is 0.708 bits per heavy atom. The van der Waals surface area contributed by atoms with E-state index in [2.05, 4.69) is 28.8 Å². The van der Waals surface area contributed by atoms with Crippen molar-refractivity contribution >= 4 is 11.6 Å². The van der Waals surface area contributed by atoms with Gasteiger partial charge in [0.2, 0.25) is 6.04 Å². The predicted molar refractivity (Wildman–Crippen MR) is 94.9 cm³/mol. The van der Waals surface area contributed by atoms with Crippen LogP contribution in [0.4, 0.5) is 0 Å². The van der Waals surface area contributed by atoms with E-state index in [0.29, 0.717) is 0 Å². The van der Waals surface area contributed by atoms with Gasteiger partial charge >= 0.3 is 0 Å². The summed E-state index contributed by atoms with van der Waals surface area (Å²) in [4.78, 5) is 0. The summed E-state index contributed by atoms with van der Waals surface area (Å²) in [5.74, 6) is 1.68. The monoisotopic (exact) mass is 340 g/mol. The van der Waals surface area contributed by atoms with E-state index in [9.17, 15) is 0 Å². The Balaban J connectivity index is 2.06. The average molecular weight is 341 g/mol. The van der Waals surface area contributed by atoms with Crippen LogP contribution in [0.15, 0.2) is 73.1 Å². The number of aromatic nitrogens is 1. The summed E-state index contributed by atoms with van der Waals surface area (Å²) in [7, 11) is 3.34. The van der Waals surface area contributed by atoms with Crippen LogP contribution in [0.5, 0.6) is 11.5 Å². The molecule has 0 radical (unpaired) electrons. The maximum absolute atomic E-state index is 6.04. The molecule has 3 nitrogen and oxygen atoms in total. The second-order valence-corrected chi connectivity index (χ2v) is 5.85. The first-order chi connectivity index (χ1) is 11.7. The fourth-order valence-electron chi connectivity index (χ4n) is 2.70. The van der Waals surface area contributed by atoms with E-state index in [1.165, 1.54) is 0 Å². The Labute approximate surface area is 147 Å². The van der Waals surface area contributed by atoms with Gasteiger partial charge in [0.05, 0.1) is 19.2 Å². The molecule has 3 aromatic rings. The second-order valence-electron chi connectivity index (χ2n) is 5.41. The molecule has 0 aliphatic carbocycles. The van der Waals surface area contributed by atoms with Gasteiger partial charge in [0.25, 0.3) is 0 Å². The number of pyridine rings is 1. The zero-order chi connectivity index (χ0) is 16.9. The Morgan fingerprint density at radius 3 is 1.50 bits per heavy atom. The summed E-state index contributed by atoms with van der Waals surface area (Å²) in [6, 6.07) is 20.0. The van der Waals surface area contributed by atoms with Crippen molar-refractivity contribution in [2.24, 2.45) is 0 Å². The lowest BCUT2D eigenvalue weighted by molar-refractivity contribution is -0.704. The third kappa shape index (κ3) is 3.52. The fraction of sp³-hybridized carbons (Fsp3) is 0.150. The number of benzene rings is 2. The van der Waals surface area contributed by atoms with Crippen LogP contribution in [-0.4, -0.2) is 14.2 Å². The summed E-state index contributed by atoms with van der Waals surface area (Å²) >= 11 is 6.04. The van der Waals surface area contributed by atoms with Crippen LogP contribution >= 0.6 is 11.6 Å². The van der Waals surface area contributed by atoms with Crippen LogP contribution in [0.1, 0.15) is 17.2 Å². The minimum atomic E-state index is 0.0408. The minimum Gasteiger partial charge on any atom is -0.497 e. The predicted octanol–water partition coefficient (Wildman–Crippen LogP) is 4.28. The first-order valence-corrected chi connectivity index (χ1v) is 8.03. The Kier molecular flexibility index (Phi) is 5.02. The van der Waals surface area contributed by atoms with Gasteiger partial charge in [0.1, 0.15) is 11.5 Å². The highest BCUT2D eigenvalue weighted by atomic mass is 35.5. The molecule has 2 aromatic carbocycles. The van der Waals surface area contributed by atoms with Gasteiger partial charge in [0, 0.05) is 23.3 Å². The van der Waals surface area contributed by atoms with E-state index in [-0.39, 0.29) is 6.04 Å². The number of ether oxygens (including phenoxy) is 2. The first-order valence-electron chi connectivity index (χ1n) is 7.65. The van der Waals surface area contributed by atoms with E-state index in [1.807, 2.05) is 48.8 Å². The third-order valence-electron chi connectivity index (χ3n) is 3.97. The molecule has 0 saturated carbocycles. The van der Waals surface area contributed by atoms with E-state index in [0.717, 1.165) is 27.6 Å². The molecule has 0 bridgehead atoms. The molecule has 0 aliphatic heterocycles. The van der Waals surface area contributed by atoms with Crippen molar-refractivity contribution in [2.75, 3.05) is 14.2 Å². The summed E-state index contributed by atoms with van der Waals surface area (Å²) in [5.41, 5.74) is 2.32. The van der Waals surface area contributed by atoms with Gasteiger partial charge in [0.15, 0.2) is 12.4 Å². The zero-order valence-corrected chi connectivity index (χ0v) is 14.4. The number of halogens is 1. The summed E-state index contributed by atoms with van der Waals surface area (Å²) in [6.45, 7) is 0. The van der Waals surface area contributed by atoms with Crippen LogP contribution < -0.4 is 14.0 Å². The Bertz CT molecular complexity index is 736. The molecule has 0 amide bonds. The molecule has 0 N–H and O–H groups in total. The highest BCUT2D eigenvalue weighted by molar-refractivity contribution is 6.30. The molecule has 1 heterocycles. The number of hydrogen-bond acceptors (Lipinski definition) is 2. The van der Waals surface area contributed by atoms with Crippen LogP contribution in [0.25, 0.3) is 0 Å². The molecule has 0 spiro atoms. The van der Waals surface area contributed by atoms with Crippen LogP contribution in [0.3, 0.4) is 0 Å². The summed E-state index contributed by atoms with van der Waals surface area (Å²) < 4.78 is 12.7. The quantitative estimate of drug-likeness (QED) is 0.647. The second kappa shape index (κ2) is 7.37. The molecule has 0 aliphatic rings. The largest absolute Gasteiger partial charge is 0.497 e. The van der Waals surface area contributed by atoms with Crippen molar-refractivity contribution in [1.29, 1.82) is 0 Å². The van der Waals surface area contributed by atoms with Crippen molar-refractivity contribution in [3.05, 3.63) is 89.2 Å². The maximum atomic E-state index is 6.04. The van der Waals surface area contributed by atoms with Crippen molar-refractivity contribution < 1.29 is 14.0 Å². The molecule has 1 aromatic heterocycles. The lowest BCUT2D eigenvalue weighted by atomic mass is 9.98. The molecule has 4 heteroatoms. The van der Waals surface area contributed by atoms with Crippen molar-refractivity contribution in [3.63, 3.8) is 0 Å². The first kappa shape index (κ1) is 16.3. The average Bonchev–Trinajstić information content (AvgIpc) is 2.64. The van der Waals surface area contributed by atoms with E-state index >= 15 is 0 Å². The van der Waals surface area contributed by atoms with Gasteiger partial charge < -0.3 is 9.47 Å². The number of nitrogens with zero attached hydrogens (tertiary/aromatic N) is 1. The SMILES string of the molecule is COc1ccc(C(c2ccc(OC)cc2)[n+]2ccc(Cl)cc2)cc1. The molecule has 3 rings (SSSR count). The van der Waals surface area contributed by atoms with Gasteiger partial charge in [-0.3, -0.25) is 0 Å². The standard InChI is InChI=1S/C20H19ClNO2/c1-23-18-7-3-15(4-8-18)20(22-13-11-17(21)12-14-22)16-5-9-19(24-2)10-6-16/h3-14,20H,1-2H3/q+1. The highest BCUT2D eigenvalue weighted by Gasteiger charge is 2.23. The van der Waals surface area contributed by atoms with Crippen LogP contribution in [-0.2, 0) is 0 Å². The van der Waals surface area contributed by atoms with Gasteiger partial charge in [-0.15, -0.1) is 0 Å². The molecule has 0 atom stereocenters. The van der Waals surface area contributed by atoms with Crippen molar-refractivity contribution in [1.82, 2.24) is 0 Å². The molecular formula is C20H19ClNO2+. The molecule has 0 unspecified atom stereocenters. The molecule has 0 saturated heterocycles. The Hall–Kier alpha value is -2.52. The van der Waals surface area contributed by atoms with Gasteiger partial charge in [-0.05, 0) is 48.5 Å². The summed E-state index contributed by atoms with van der Waals surface area (Å²) in [6.07, 6.45) is 3.98. The number of hydrogen-bond donors (Lipinski definition) is 0. The zero-order valence-electron chi connectivity index (χ0n) is 13.6. The number of rotatable bonds is 5. The Morgan fingerprint density at radius 2 is 1.12 bits per heavy atom. The normalized spacial score (nSPS) is 10.7. The van der Waals surface area contributed by atoms with Gasteiger partial charge in [-0.2, -0.15) is 4.57 Å². The molecule has 122 valence electrons. The maximum Gasteiger partial charge on any atom is 0.208 e. The van der Waals surface area contributed by atoms with E-state index in [4.69, 9.17) is 21.1 Å². The van der Waals surface area contributed by atoms with Crippen LogP contribution in [0, 0.1) is 0 Å². The molecular weight excluding hydrogens is 322 g/mol. The number of methoxy groups -OCH3 is 2. The van der Waals surface area contributed by atoms with Gasteiger partial charge in [-0.1, -0.05) is 11.6 Å². The van der Waals surface area contributed by atoms with E-state index in [1.54, 1.807) is 14.2 Å². The lowest BCUT2D eigenvalue weighted by Crippen LogP contribution is -2.40. The third-order valence-corrected chi connectivity index (χ3v) is 4.22. The van der Waals surface area contributed by atoms with E-state index < -0.39 is 0 Å². The van der Waals surface area contributed by atoms with Crippen molar-refractivity contribution in [3.8, 4) is 11.5 Å². The lowest BCUT2D eigenvalue weighted by Gasteiger charge is -2.14. The summed E-state index contributed by atoms with van der Waals surface area (Å²) in [5, 5.41) is 0.717.